The maximum absolute atomic E-state index is 10.9. The van der Waals surface area contributed by atoms with Gasteiger partial charge in [-0.3, -0.25) is 4.79 Å². The molecule has 0 aliphatic heterocycles. The van der Waals surface area contributed by atoms with Crippen LogP contribution in [0.15, 0.2) is 24.3 Å². The lowest BCUT2D eigenvalue weighted by molar-refractivity contribution is -0.136. The summed E-state index contributed by atoms with van der Waals surface area (Å²) in [5.41, 5.74) is 4.46. The van der Waals surface area contributed by atoms with Crippen molar-refractivity contribution in [2.24, 2.45) is 0 Å². The minimum absolute atomic E-state index is 0.00138. The topological polar surface area (TPSA) is 55.8 Å². The van der Waals surface area contributed by atoms with E-state index in [1.807, 2.05) is 52.0 Å². The molecular weight excluding hydrogens is 316 g/mol. The lowest BCUT2D eigenvalue weighted by atomic mass is 10.0. The second-order valence-electron chi connectivity index (χ2n) is 6.11. The first-order chi connectivity index (χ1) is 11.8. The maximum Gasteiger partial charge on any atom is 0.307 e. The van der Waals surface area contributed by atoms with Gasteiger partial charge in [-0.05, 0) is 67.6 Å². The van der Waals surface area contributed by atoms with Gasteiger partial charge in [-0.25, -0.2) is 0 Å². The average molecular weight is 338 g/mol. The minimum atomic E-state index is -0.846. The number of ether oxygens (including phenoxy) is 2. The Labute approximate surface area is 148 Å². The molecule has 130 valence electrons. The van der Waals surface area contributed by atoms with Gasteiger partial charge in [0.05, 0.1) is 6.42 Å². The summed E-state index contributed by atoms with van der Waals surface area (Å²) in [4.78, 5) is 10.9. The van der Waals surface area contributed by atoms with E-state index in [4.69, 9.17) is 21.0 Å². The summed E-state index contributed by atoms with van der Waals surface area (Å²) in [7, 11) is 0. The van der Waals surface area contributed by atoms with Crippen molar-refractivity contribution in [1.29, 1.82) is 0 Å². The fourth-order valence-electron chi connectivity index (χ4n) is 2.91. The quantitative estimate of drug-likeness (QED) is 0.796. The van der Waals surface area contributed by atoms with Crippen LogP contribution in [0.4, 0.5) is 0 Å². The van der Waals surface area contributed by atoms with E-state index in [0.717, 1.165) is 39.3 Å². The molecule has 0 spiro atoms. The Bertz CT molecular complexity index is 797. The third kappa shape index (κ3) is 4.54. The molecule has 0 aliphatic carbocycles. The van der Waals surface area contributed by atoms with Crippen molar-refractivity contribution in [1.82, 2.24) is 0 Å². The van der Waals surface area contributed by atoms with Crippen LogP contribution in [0.3, 0.4) is 0 Å². The van der Waals surface area contributed by atoms with Crippen LogP contribution in [-0.2, 0) is 11.2 Å². The van der Waals surface area contributed by atoms with Crippen LogP contribution in [0.1, 0.15) is 27.8 Å². The zero-order valence-electron chi connectivity index (χ0n) is 15.0. The van der Waals surface area contributed by atoms with E-state index in [1.165, 1.54) is 0 Å². The number of carboxylic acid groups (broad SMARTS) is 1. The molecule has 2 aromatic rings. The Morgan fingerprint density at radius 3 is 2.00 bits per heavy atom. The molecule has 2 rings (SSSR count). The van der Waals surface area contributed by atoms with Crippen LogP contribution < -0.4 is 9.47 Å². The normalized spacial score (nSPS) is 10.2. The zero-order chi connectivity index (χ0) is 18.6. The monoisotopic (exact) mass is 338 g/mol. The highest BCUT2D eigenvalue weighted by atomic mass is 16.5. The van der Waals surface area contributed by atoms with E-state index in [-0.39, 0.29) is 13.0 Å². The van der Waals surface area contributed by atoms with Crippen molar-refractivity contribution in [2.75, 3.05) is 6.61 Å². The van der Waals surface area contributed by atoms with Gasteiger partial charge in [0, 0.05) is 0 Å². The SMILES string of the molecule is C#CCOc1c(C)cc(Oc2c(C)cc(CC(=O)O)cc2C)cc1C. The number of rotatable bonds is 6. The molecular formula is C21H22O4. The fraction of sp³-hybridized carbons (Fsp3) is 0.286. The summed E-state index contributed by atoms with van der Waals surface area (Å²) in [6, 6.07) is 7.51. The Hall–Kier alpha value is -2.93. The Morgan fingerprint density at radius 1 is 1.00 bits per heavy atom. The molecule has 0 amide bonds. The molecule has 0 fully saturated rings. The van der Waals surface area contributed by atoms with Gasteiger partial charge in [0.1, 0.15) is 23.9 Å². The molecule has 0 aliphatic rings. The van der Waals surface area contributed by atoms with Gasteiger partial charge in [-0.1, -0.05) is 18.1 Å². The van der Waals surface area contributed by atoms with Gasteiger partial charge in [0.2, 0.25) is 0 Å². The van der Waals surface area contributed by atoms with Crippen LogP contribution in [-0.4, -0.2) is 17.7 Å². The van der Waals surface area contributed by atoms with Crippen molar-refractivity contribution in [2.45, 2.75) is 34.1 Å². The first-order valence-corrected chi connectivity index (χ1v) is 7.99. The van der Waals surface area contributed by atoms with Crippen LogP contribution in [0.2, 0.25) is 0 Å². The summed E-state index contributed by atoms with van der Waals surface area (Å²) in [6.07, 6.45) is 5.25. The largest absolute Gasteiger partial charge is 0.481 e. The maximum atomic E-state index is 10.9. The Kier molecular flexibility index (Phi) is 5.71. The highest BCUT2D eigenvalue weighted by molar-refractivity contribution is 5.70. The Morgan fingerprint density at radius 2 is 1.52 bits per heavy atom. The van der Waals surface area contributed by atoms with E-state index >= 15 is 0 Å². The van der Waals surface area contributed by atoms with E-state index < -0.39 is 5.97 Å². The van der Waals surface area contributed by atoms with Crippen molar-refractivity contribution in [3.63, 3.8) is 0 Å². The lowest BCUT2D eigenvalue weighted by Gasteiger charge is -2.16. The van der Waals surface area contributed by atoms with Gasteiger partial charge in [0.15, 0.2) is 0 Å². The second-order valence-corrected chi connectivity index (χ2v) is 6.11. The number of aliphatic carboxylic acids is 1. The highest BCUT2D eigenvalue weighted by Gasteiger charge is 2.12. The van der Waals surface area contributed by atoms with Gasteiger partial charge < -0.3 is 14.6 Å². The first-order valence-electron chi connectivity index (χ1n) is 7.99. The molecule has 0 bridgehead atoms. The smallest absolute Gasteiger partial charge is 0.307 e. The van der Waals surface area contributed by atoms with E-state index in [0.29, 0.717) is 5.75 Å². The summed E-state index contributed by atoms with van der Waals surface area (Å²) in [5, 5.41) is 8.95. The molecule has 0 atom stereocenters. The van der Waals surface area contributed by atoms with Crippen LogP contribution >= 0.6 is 0 Å². The third-order valence-electron chi connectivity index (χ3n) is 3.83. The van der Waals surface area contributed by atoms with Crippen LogP contribution in [0, 0.1) is 40.0 Å². The number of terminal acetylenes is 1. The van der Waals surface area contributed by atoms with Crippen LogP contribution in [0.25, 0.3) is 0 Å². The minimum Gasteiger partial charge on any atom is -0.481 e. The number of aryl methyl sites for hydroxylation is 4. The third-order valence-corrected chi connectivity index (χ3v) is 3.83. The van der Waals surface area contributed by atoms with E-state index in [2.05, 4.69) is 5.92 Å². The Balaban J connectivity index is 2.31. The molecule has 0 aromatic heterocycles. The molecule has 4 nitrogen and oxygen atoms in total. The number of carboxylic acids is 1. The zero-order valence-corrected chi connectivity index (χ0v) is 15.0. The van der Waals surface area contributed by atoms with E-state index in [9.17, 15) is 4.79 Å². The molecule has 0 saturated carbocycles. The predicted molar refractivity (Wildman–Crippen MR) is 97.6 cm³/mol. The van der Waals surface area contributed by atoms with Gasteiger partial charge in [0.25, 0.3) is 0 Å². The summed E-state index contributed by atoms with van der Waals surface area (Å²) in [5.74, 6) is 3.84. The van der Waals surface area contributed by atoms with Gasteiger partial charge in [-0.2, -0.15) is 0 Å². The number of hydrogen-bond acceptors (Lipinski definition) is 3. The summed E-state index contributed by atoms with van der Waals surface area (Å²) < 4.78 is 11.7. The number of benzene rings is 2. The molecule has 0 saturated heterocycles. The van der Waals surface area contributed by atoms with Gasteiger partial charge >= 0.3 is 5.97 Å². The molecule has 0 unspecified atom stereocenters. The second kappa shape index (κ2) is 7.76. The van der Waals surface area contributed by atoms with Crippen molar-refractivity contribution < 1.29 is 19.4 Å². The predicted octanol–water partition coefficient (Wildman–Crippen LogP) is 4.35. The highest BCUT2D eigenvalue weighted by Crippen LogP contribution is 2.34. The van der Waals surface area contributed by atoms with E-state index in [1.54, 1.807) is 0 Å². The summed E-state index contributed by atoms with van der Waals surface area (Å²) in [6.45, 7) is 7.95. The molecule has 25 heavy (non-hydrogen) atoms. The molecule has 0 heterocycles. The summed E-state index contributed by atoms with van der Waals surface area (Å²) >= 11 is 0. The molecule has 1 N–H and O–H groups in total. The standard InChI is InChI=1S/C21H22O4/c1-6-7-24-20-15(4)10-18(11-16(20)5)25-21-13(2)8-17(9-14(21)3)12-19(22)23/h1,8-11H,7,12H2,2-5H3,(H,22,23). The molecule has 0 radical (unpaired) electrons. The van der Waals surface area contributed by atoms with Crippen molar-refractivity contribution >= 4 is 5.97 Å². The fourth-order valence-corrected chi connectivity index (χ4v) is 2.91. The van der Waals surface area contributed by atoms with Crippen LogP contribution in [0.5, 0.6) is 17.2 Å². The lowest BCUT2D eigenvalue weighted by Crippen LogP contribution is -2.02. The molecule has 2 aromatic carbocycles. The number of hydrogen-bond donors (Lipinski definition) is 1. The molecule has 4 heteroatoms. The van der Waals surface area contributed by atoms with Crippen molar-refractivity contribution in [3.8, 4) is 29.6 Å². The van der Waals surface area contributed by atoms with Crippen molar-refractivity contribution in [3.05, 3.63) is 52.1 Å². The van der Waals surface area contributed by atoms with Gasteiger partial charge in [-0.15, -0.1) is 6.42 Å². The first kappa shape index (κ1) is 18.4. The number of carbonyl (C=O) groups is 1. The average Bonchev–Trinajstić information content (AvgIpc) is 2.49.